The molecule has 1 aliphatic carbocycles. The third-order valence-corrected chi connectivity index (χ3v) is 11.6. The number of anilines is 5. The van der Waals surface area contributed by atoms with Crippen molar-refractivity contribution in [2.45, 2.75) is 19.3 Å². The maximum atomic E-state index is 6.06. The van der Waals surface area contributed by atoms with Crippen LogP contribution in [-0.2, 0) is 10.2 Å². The Hall–Kier alpha value is -7.10. The minimum atomic E-state index is -0.102. The number of hydrogen-bond donors (Lipinski definition) is 0. The molecule has 0 fully saturated rings. The third kappa shape index (κ3) is 6.00. The van der Waals surface area contributed by atoms with Crippen LogP contribution in [0.2, 0.25) is 0 Å². The fourth-order valence-electron chi connectivity index (χ4n) is 8.86. The third-order valence-electron chi connectivity index (χ3n) is 11.6. The second kappa shape index (κ2) is 14.2. The van der Waals surface area contributed by atoms with Crippen LogP contribution in [0, 0.1) is 0 Å². The van der Waals surface area contributed by atoms with E-state index in [0.29, 0.717) is 6.61 Å². The van der Waals surface area contributed by atoms with Gasteiger partial charge in [0.25, 0.3) is 0 Å². The molecule has 0 N–H and O–H groups in total. The van der Waals surface area contributed by atoms with Gasteiger partial charge in [-0.15, -0.1) is 0 Å². The second-order valence-electron chi connectivity index (χ2n) is 15.3. The molecule has 10 rings (SSSR count). The molecule has 8 aromatic carbocycles. The lowest BCUT2D eigenvalue weighted by atomic mass is 9.82. The molecule has 3 nitrogen and oxygen atoms in total. The van der Waals surface area contributed by atoms with Crippen molar-refractivity contribution in [3.8, 4) is 22.3 Å². The summed E-state index contributed by atoms with van der Waals surface area (Å²) in [6.45, 7) is 5.14. The number of ether oxygens (including phenoxy) is 1. The van der Waals surface area contributed by atoms with Gasteiger partial charge in [-0.2, -0.15) is 0 Å². The summed E-state index contributed by atoms with van der Waals surface area (Å²) in [5, 5.41) is 2.39. The number of nitrogens with zero attached hydrogens (tertiary/aromatic N) is 2. The number of fused-ring (bicyclic) bond motifs is 4. The molecule has 274 valence electrons. The zero-order valence-corrected chi connectivity index (χ0v) is 32.1. The quantitative estimate of drug-likeness (QED) is 0.155. The molecular formula is C54H42N2O. The first-order valence-corrected chi connectivity index (χ1v) is 19.7. The highest BCUT2D eigenvalue weighted by molar-refractivity contribution is 5.99. The van der Waals surface area contributed by atoms with Gasteiger partial charge in [0, 0.05) is 39.0 Å². The minimum Gasteiger partial charge on any atom is -0.495 e. The molecular weight excluding hydrogens is 693 g/mol. The van der Waals surface area contributed by atoms with E-state index in [1.807, 2.05) is 6.26 Å². The molecule has 0 spiro atoms. The van der Waals surface area contributed by atoms with Crippen molar-refractivity contribution in [2.24, 2.45) is 0 Å². The summed E-state index contributed by atoms with van der Waals surface area (Å²) in [5.74, 6) is 0. The lowest BCUT2D eigenvalue weighted by Gasteiger charge is -2.32. The van der Waals surface area contributed by atoms with Crippen molar-refractivity contribution < 1.29 is 4.74 Å². The Kier molecular flexibility index (Phi) is 8.57. The van der Waals surface area contributed by atoms with Crippen LogP contribution in [0.15, 0.2) is 212 Å². The van der Waals surface area contributed by atoms with Crippen LogP contribution in [0.25, 0.3) is 38.6 Å². The number of benzene rings is 8. The fourth-order valence-corrected chi connectivity index (χ4v) is 8.86. The van der Waals surface area contributed by atoms with Gasteiger partial charge in [-0.25, -0.2) is 0 Å². The molecule has 0 aromatic heterocycles. The smallest absolute Gasteiger partial charge is 0.128 e. The maximum Gasteiger partial charge on any atom is 0.128 e. The molecule has 0 atom stereocenters. The first kappa shape index (κ1) is 34.4. The summed E-state index contributed by atoms with van der Waals surface area (Å²) in [6.07, 6.45) is 3.93. The van der Waals surface area contributed by atoms with Crippen LogP contribution < -0.4 is 9.80 Å². The van der Waals surface area contributed by atoms with Crippen molar-refractivity contribution >= 4 is 44.8 Å². The predicted octanol–water partition coefficient (Wildman–Crippen LogP) is 14.4. The summed E-state index contributed by atoms with van der Waals surface area (Å²) in [4.78, 5) is 4.77. The topological polar surface area (TPSA) is 15.7 Å². The Morgan fingerprint density at radius 2 is 1.05 bits per heavy atom. The normalized spacial score (nSPS) is 13.9. The van der Waals surface area contributed by atoms with Gasteiger partial charge in [0.05, 0.1) is 23.3 Å². The SMILES string of the molecule is CC1(C)c2ccccc2-c2ccc(N(c3ccccc3)c3ccccc3-c3ccc(C4=C(N(c5ccccc5)c5cccc6ccccc56)COC=C4)cc3)cc21. The van der Waals surface area contributed by atoms with Crippen LogP contribution >= 0.6 is 0 Å². The van der Waals surface area contributed by atoms with E-state index in [-0.39, 0.29) is 5.41 Å². The standard InChI is InChI=1S/C54H42N2O/c1-54(2)49-25-13-11-24-47(49)48-33-32-43(36-50(48)54)55(41-18-5-3-6-19-41)51-26-14-12-23-45(51)39-28-30-40(31-29-39)46-34-35-57-37-53(46)56(42-20-7-4-8-21-42)52-27-15-17-38-16-9-10-22-44(38)52/h3-36H,37H2,1-2H3. The van der Waals surface area contributed by atoms with Gasteiger partial charge >= 0.3 is 0 Å². The van der Waals surface area contributed by atoms with Crippen LogP contribution in [0.5, 0.6) is 0 Å². The Bertz CT molecular complexity index is 2810. The first-order chi connectivity index (χ1) is 28.1. The van der Waals surface area contributed by atoms with Crippen molar-refractivity contribution in [3.63, 3.8) is 0 Å². The average Bonchev–Trinajstić information content (AvgIpc) is 3.50. The first-order valence-electron chi connectivity index (χ1n) is 19.7. The highest BCUT2D eigenvalue weighted by Crippen LogP contribution is 2.51. The summed E-state index contributed by atoms with van der Waals surface area (Å²) in [7, 11) is 0. The molecule has 0 unspecified atom stereocenters. The zero-order chi connectivity index (χ0) is 38.3. The molecule has 1 heterocycles. The molecule has 1 aliphatic heterocycles. The van der Waals surface area contributed by atoms with E-state index < -0.39 is 0 Å². The number of hydrogen-bond acceptors (Lipinski definition) is 3. The van der Waals surface area contributed by atoms with E-state index in [9.17, 15) is 0 Å². The maximum absolute atomic E-state index is 6.06. The molecule has 2 aliphatic rings. The fraction of sp³-hybridized carbons (Fsp3) is 0.0741. The molecule has 0 saturated carbocycles. The number of para-hydroxylation sites is 3. The second-order valence-corrected chi connectivity index (χ2v) is 15.3. The molecule has 0 bridgehead atoms. The zero-order valence-electron chi connectivity index (χ0n) is 32.1. The van der Waals surface area contributed by atoms with E-state index in [1.165, 1.54) is 33.0 Å². The number of rotatable bonds is 8. The Labute approximate surface area is 335 Å². The van der Waals surface area contributed by atoms with Gasteiger partial charge in [-0.3, -0.25) is 0 Å². The van der Waals surface area contributed by atoms with Crippen LogP contribution in [-0.4, -0.2) is 6.61 Å². The van der Waals surface area contributed by atoms with Crippen LogP contribution in [0.4, 0.5) is 28.4 Å². The molecule has 0 radical (unpaired) electrons. The van der Waals surface area contributed by atoms with E-state index in [0.717, 1.165) is 56.4 Å². The van der Waals surface area contributed by atoms with Gasteiger partial charge < -0.3 is 14.5 Å². The van der Waals surface area contributed by atoms with Crippen molar-refractivity contribution in [1.29, 1.82) is 0 Å². The predicted molar refractivity (Wildman–Crippen MR) is 239 cm³/mol. The van der Waals surface area contributed by atoms with Gasteiger partial charge in [-0.1, -0.05) is 159 Å². The van der Waals surface area contributed by atoms with Gasteiger partial charge in [0.1, 0.15) is 6.61 Å². The molecule has 0 amide bonds. The molecule has 57 heavy (non-hydrogen) atoms. The minimum absolute atomic E-state index is 0.102. The van der Waals surface area contributed by atoms with Crippen LogP contribution in [0.1, 0.15) is 30.5 Å². The van der Waals surface area contributed by atoms with Crippen LogP contribution in [0.3, 0.4) is 0 Å². The van der Waals surface area contributed by atoms with Gasteiger partial charge in [-0.05, 0) is 93.4 Å². The molecule has 0 saturated heterocycles. The van der Waals surface area contributed by atoms with Gasteiger partial charge in [0.15, 0.2) is 0 Å². The Morgan fingerprint density at radius 3 is 1.84 bits per heavy atom. The summed E-state index contributed by atoms with van der Waals surface area (Å²) >= 11 is 0. The highest BCUT2D eigenvalue weighted by Gasteiger charge is 2.36. The van der Waals surface area contributed by atoms with E-state index >= 15 is 0 Å². The number of allylic oxidation sites excluding steroid dienone is 2. The van der Waals surface area contributed by atoms with Crippen molar-refractivity contribution in [2.75, 3.05) is 16.4 Å². The summed E-state index contributed by atoms with van der Waals surface area (Å²) in [5.41, 5.74) is 16.5. The highest BCUT2D eigenvalue weighted by atomic mass is 16.5. The monoisotopic (exact) mass is 734 g/mol. The lowest BCUT2D eigenvalue weighted by Crippen LogP contribution is -2.23. The largest absolute Gasteiger partial charge is 0.495 e. The average molecular weight is 735 g/mol. The van der Waals surface area contributed by atoms with E-state index in [4.69, 9.17) is 4.74 Å². The summed E-state index contributed by atoms with van der Waals surface area (Å²) in [6, 6.07) is 70.1. The molecule has 8 aromatic rings. The van der Waals surface area contributed by atoms with Crippen molar-refractivity contribution in [1.82, 2.24) is 0 Å². The Balaban J connectivity index is 1.07. The molecule has 3 heteroatoms. The van der Waals surface area contributed by atoms with Gasteiger partial charge in [0.2, 0.25) is 0 Å². The summed E-state index contributed by atoms with van der Waals surface area (Å²) < 4.78 is 6.06. The van der Waals surface area contributed by atoms with Crippen molar-refractivity contribution in [3.05, 3.63) is 229 Å². The van der Waals surface area contributed by atoms with E-state index in [1.54, 1.807) is 0 Å². The lowest BCUT2D eigenvalue weighted by molar-refractivity contribution is 0.275. The Morgan fingerprint density at radius 1 is 0.456 bits per heavy atom. The van der Waals surface area contributed by atoms with E-state index in [2.05, 4.69) is 224 Å².